The van der Waals surface area contributed by atoms with E-state index < -0.39 is 0 Å². The Balaban J connectivity index is 0.00000112. The van der Waals surface area contributed by atoms with E-state index in [9.17, 15) is 0 Å². The Morgan fingerprint density at radius 1 is 1.27 bits per heavy atom. The van der Waals surface area contributed by atoms with Gasteiger partial charge < -0.3 is 10.5 Å². The fourth-order valence-electron chi connectivity index (χ4n) is 1.53. The summed E-state index contributed by atoms with van der Waals surface area (Å²) >= 11 is 0. The van der Waals surface area contributed by atoms with Crippen LogP contribution in [0.5, 0.6) is 5.75 Å². The first-order valence-electron chi connectivity index (χ1n) is 5.28. The van der Waals surface area contributed by atoms with Gasteiger partial charge in [-0.15, -0.1) is 12.4 Å². The van der Waals surface area contributed by atoms with E-state index in [1.165, 1.54) is 19.3 Å². The lowest BCUT2D eigenvalue weighted by molar-refractivity contribution is 0.120. The Labute approximate surface area is 97.2 Å². The molecule has 0 saturated heterocycles. The minimum absolute atomic E-state index is 0. The number of ether oxygens (including phenoxy) is 1. The Kier molecular flexibility index (Phi) is 4.43. The van der Waals surface area contributed by atoms with E-state index in [0.717, 1.165) is 11.3 Å². The van der Waals surface area contributed by atoms with Crippen molar-refractivity contribution in [3.63, 3.8) is 0 Å². The third-order valence-corrected chi connectivity index (χ3v) is 2.76. The number of benzene rings is 1. The Morgan fingerprint density at radius 3 is 2.27 bits per heavy atom. The molecule has 1 aromatic rings. The average molecular weight is 228 g/mol. The molecule has 1 aliphatic rings. The molecule has 1 fully saturated rings. The second kappa shape index (κ2) is 5.38. The molecule has 3 heteroatoms. The predicted octanol–water partition coefficient (Wildman–Crippen LogP) is 3.06. The molecular formula is C12H18ClNO. The van der Waals surface area contributed by atoms with Crippen molar-refractivity contribution in [1.82, 2.24) is 0 Å². The van der Waals surface area contributed by atoms with Gasteiger partial charge in [-0.1, -0.05) is 12.1 Å². The average Bonchev–Trinajstić information content (AvgIpc) is 2.12. The molecule has 15 heavy (non-hydrogen) atoms. The summed E-state index contributed by atoms with van der Waals surface area (Å²) in [7, 11) is 0. The summed E-state index contributed by atoms with van der Waals surface area (Å²) in [6.45, 7) is 1.99. The summed E-state index contributed by atoms with van der Waals surface area (Å²) in [6, 6.07) is 8.21. The first kappa shape index (κ1) is 12.3. The molecule has 84 valence electrons. The lowest BCUT2D eigenvalue weighted by Gasteiger charge is -2.26. The van der Waals surface area contributed by atoms with Crippen LogP contribution < -0.4 is 10.5 Å². The van der Waals surface area contributed by atoms with Crippen LogP contribution in [0.3, 0.4) is 0 Å². The number of halogens is 1. The van der Waals surface area contributed by atoms with Gasteiger partial charge in [-0.3, -0.25) is 0 Å². The maximum absolute atomic E-state index is 5.76. The molecule has 1 aliphatic carbocycles. The van der Waals surface area contributed by atoms with Crippen LogP contribution in [0, 0.1) is 0 Å². The summed E-state index contributed by atoms with van der Waals surface area (Å²) in [5.41, 5.74) is 6.92. The molecule has 1 atom stereocenters. The molecule has 1 saturated carbocycles. The van der Waals surface area contributed by atoms with E-state index in [4.69, 9.17) is 10.5 Å². The summed E-state index contributed by atoms with van der Waals surface area (Å²) < 4.78 is 5.74. The SMILES string of the molecule is C[C@@H](N)c1ccc(OC2CCC2)cc1.Cl. The standard InChI is InChI=1S/C12H17NO.ClH/c1-9(13)10-5-7-12(8-6-10)14-11-3-2-4-11;/h5-9,11H,2-4,13H2,1H3;1H/t9-;/m1./s1. The highest BCUT2D eigenvalue weighted by Crippen LogP contribution is 2.25. The van der Waals surface area contributed by atoms with Crippen molar-refractivity contribution >= 4 is 12.4 Å². The zero-order chi connectivity index (χ0) is 9.97. The van der Waals surface area contributed by atoms with E-state index >= 15 is 0 Å². The van der Waals surface area contributed by atoms with Gasteiger partial charge in [0.05, 0.1) is 6.10 Å². The predicted molar refractivity (Wildman–Crippen MR) is 64.6 cm³/mol. The molecule has 2 N–H and O–H groups in total. The van der Waals surface area contributed by atoms with Gasteiger partial charge in [-0.2, -0.15) is 0 Å². The molecule has 2 rings (SSSR count). The monoisotopic (exact) mass is 227 g/mol. The van der Waals surface area contributed by atoms with E-state index in [1.54, 1.807) is 0 Å². The third-order valence-electron chi connectivity index (χ3n) is 2.76. The van der Waals surface area contributed by atoms with Crippen LogP contribution in [0.1, 0.15) is 37.8 Å². The second-order valence-corrected chi connectivity index (χ2v) is 4.03. The minimum atomic E-state index is 0. The molecule has 1 aromatic carbocycles. The molecule has 0 amide bonds. The van der Waals surface area contributed by atoms with Crippen LogP contribution in [0.4, 0.5) is 0 Å². The minimum Gasteiger partial charge on any atom is -0.490 e. The molecule has 0 bridgehead atoms. The van der Waals surface area contributed by atoms with E-state index in [1.807, 2.05) is 31.2 Å². The molecule has 0 heterocycles. The van der Waals surface area contributed by atoms with E-state index in [-0.39, 0.29) is 18.4 Å². The van der Waals surface area contributed by atoms with Crippen molar-refractivity contribution in [2.24, 2.45) is 5.73 Å². The van der Waals surface area contributed by atoms with Crippen LogP contribution in [-0.4, -0.2) is 6.10 Å². The number of rotatable bonds is 3. The molecule has 0 aliphatic heterocycles. The van der Waals surface area contributed by atoms with Crippen LogP contribution in [0.2, 0.25) is 0 Å². The van der Waals surface area contributed by atoms with Crippen LogP contribution in [0.15, 0.2) is 24.3 Å². The first-order valence-corrected chi connectivity index (χ1v) is 5.28. The van der Waals surface area contributed by atoms with Crippen LogP contribution in [0.25, 0.3) is 0 Å². The summed E-state index contributed by atoms with van der Waals surface area (Å²) in [4.78, 5) is 0. The number of hydrogen-bond acceptors (Lipinski definition) is 2. The Bertz CT molecular complexity index is 293. The molecule has 0 spiro atoms. The van der Waals surface area contributed by atoms with Crippen molar-refractivity contribution in [3.8, 4) is 5.75 Å². The Hall–Kier alpha value is -0.730. The summed E-state index contributed by atoms with van der Waals surface area (Å²) in [5.74, 6) is 0.971. The maximum Gasteiger partial charge on any atom is 0.119 e. The van der Waals surface area contributed by atoms with Gasteiger partial charge in [0.15, 0.2) is 0 Å². The fourth-order valence-corrected chi connectivity index (χ4v) is 1.53. The number of hydrogen-bond donors (Lipinski definition) is 1. The van der Waals surface area contributed by atoms with Crippen molar-refractivity contribution in [2.75, 3.05) is 0 Å². The van der Waals surface area contributed by atoms with E-state index in [2.05, 4.69) is 0 Å². The van der Waals surface area contributed by atoms with Gasteiger partial charge >= 0.3 is 0 Å². The van der Waals surface area contributed by atoms with Crippen molar-refractivity contribution in [3.05, 3.63) is 29.8 Å². The largest absolute Gasteiger partial charge is 0.490 e. The lowest BCUT2D eigenvalue weighted by atomic mass is 9.96. The molecule has 0 unspecified atom stereocenters. The van der Waals surface area contributed by atoms with Gasteiger partial charge in [0.2, 0.25) is 0 Å². The highest BCUT2D eigenvalue weighted by molar-refractivity contribution is 5.85. The number of nitrogens with two attached hydrogens (primary N) is 1. The lowest BCUT2D eigenvalue weighted by Crippen LogP contribution is -2.24. The molecular weight excluding hydrogens is 210 g/mol. The second-order valence-electron chi connectivity index (χ2n) is 4.03. The maximum atomic E-state index is 5.76. The highest BCUT2D eigenvalue weighted by Gasteiger charge is 2.18. The zero-order valence-electron chi connectivity index (χ0n) is 8.98. The normalized spacial score (nSPS) is 17.5. The first-order chi connectivity index (χ1) is 6.75. The Morgan fingerprint density at radius 2 is 1.87 bits per heavy atom. The zero-order valence-corrected chi connectivity index (χ0v) is 9.80. The molecule has 0 aromatic heterocycles. The smallest absolute Gasteiger partial charge is 0.119 e. The van der Waals surface area contributed by atoms with Gasteiger partial charge in [0, 0.05) is 6.04 Å². The molecule has 2 nitrogen and oxygen atoms in total. The fraction of sp³-hybridized carbons (Fsp3) is 0.500. The van der Waals surface area contributed by atoms with Crippen molar-refractivity contribution < 1.29 is 4.74 Å². The van der Waals surface area contributed by atoms with E-state index in [0.29, 0.717) is 6.10 Å². The summed E-state index contributed by atoms with van der Waals surface area (Å²) in [6.07, 6.45) is 4.17. The van der Waals surface area contributed by atoms with Crippen molar-refractivity contribution in [1.29, 1.82) is 0 Å². The quantitative estimate of drug-likeness (QED) is 0.862. The highest BCUT2D eigenvalue weighted by atomic mass is 35.5. The third kappa shape index (κ3) is 3.11. The topological polar surface area (TPSA) is 35.2 Å². The summed E-state index contributed by atoms with van der Waals surface area (Å²) in [5, 5.41) is 0. The van der Waals surface area contributed by atoms with Crippen LogP contribution >= 0.6 is 12.4 Å². The van der Waals surface area contributed by atoms with Gasteiger partial charge in [0.1, 0.15) is 5.75 Å². The van der Waals surface area contributed by atoms with Crippen molar-refractivity contribution in [2.45, 2.75) is 38.3 Å². The van der Waals surface area contributed by atoms with Gasteiger partial charge in [-0.05, 0) is 43.9 Å². The van der Waals surface area contributed by atoms with Gasteiger partial charge in [0.25, 0.3) is 0 Å². The van der Waals surface area contributed by atoms with Crippen LogP contribution in [-0.2, 0) is 0 Å². The molecule has 0 radical (unpaired) electrons. The van der Waals surface area contributed by atoms with Gasteiger partial charge in [-0.25, -0.2) is 0 Å².